The Kier molecular flexibility index (Phi) is 16.6. The number of nitrogens with one attached hydrogen (secondary N) is 3. The van der Waals surface area contributed by atoms with E-state index in [1.54, 1.807) is 116 Å². The van der Waals surface area contributed by atoms with E-state index in [2.05, 4.69) is 26.2 Å². The van der Waals surface area contributed by atoms with E-state index in [1.165, 1.54) is 24.3 Å². The fourth-order valence-corrected chi connectivity index (χ4v) is 6.10. The molecular formula is C44H44N8O9S2. The lowest BCUT2D eigenvalue weighted by Crippen LogP contribution is -2.27. The maximum atomic E-state index is 12.7. The number of amides is 3. The standard InChI is InChI=1S/C30H28N8O3.2C7H8O3S/c1-19(36-37-30(31)32)20-9-13-24(14-10-20)33-27(39)21-5-7-22(8-6-21)28(40)34-25-15-11-23(12-16-25)29(41)35-26-4-3-17-38(2)18-26;2*1-6-2-4-7(5-3-6)11(8,9)10/h3-18H,1-2H3,(H6-,31,32,33,34,35,36,37,39,40,41);2*2-5H,1H3,(H,8,9,10). The molecule has 0 saturated carbocycles. The van der Waals surface area contributed by atoms with Crippen molar-refractivity contribution >= 4 is 66.7 Å². The van der Waals surface area contributed by atoms with E-state index in [-0.39, 0.29) is 33.5 Å². The molecule has 1 aromatic heterocycles. The number of hydrogen-bond donors (Lipinski definition) is 6. The second-order valence-electron chi connectivity index (χ2n) is 13.6. The van der Waals surface area contributed by atoms with Gasteiger partial charge in [-0.3, -0.25) is 18.9 Å². The Bertz CT molecular complexity index is 2760. The van der Waals surface area contributed by atoms with Crippen LogP contribution in [0, 0.1) is 13.8 Å². The van der Waals surface area contributed by atoms with Gasteiger partial charge in [0, 0.05) is 34.1 Å². The summed E-state index contributed by atoms with van der Waals surface area (Å²) < 4.78 is 62.6. The van der Waals surface area contributed by atoms with Crippen LogP contribution in [0.25, 0.3) is 0 Å². The summed E-state index contributed by atoms with van der Waals surface area (Å²) in [5.41, 5.74) is 16.9. The molecule has 0 aliphatic heterocycles. The number of carbonyl (C=O) groups is 3. The minimum Gasteiger partial charge on any atom is -0.744 e. The summed E-state index contributed by atoms with van der Waals surface area (Å²) in [6, 6.07) is 35.3. The first-order chi connectivity index (χ1) is 29.7. The molecule has 0 unspecified atom stereocenters. The van der Waals surface area contributed by atoms with Crippen LogP contribution in [0.1, 0.15) is 54.7 Å². The normalized spacial score (nSPS) is 11.0. The van der Waals surface area contributed by atoms with Crippen LogP contribution in [0.15, 0.2) is 166 Å². The highest BCUT2D eigenvalue weighted by molar-refractivity contribution is 7.86. The molecule has 8 N–H and O–H groups in total. The zero-order valence-electron chi connectivity index (χ0n) is 34.4. The van der Waals surface area contributed by atoms with Crippen molar-refractivity contribution in [1.82, 2.24) is 0 Å². The Morgan fingerprint density at radius 3 is 1.33 bits per heavy atom. The first-order valence-electron chi connectivity index (χ1n) is 18.6. The molecule has 0 atom stereocenters. The average Bonchev–Trinajstić information content (AvgIpc) is 3.23. The second kappa shape index (κ2) is 21.8. The van der Waals surface area contributed by atoms with E-state index < -0.39 is 20.2 Å². The third-order valence-electron chi connectivity index (χ3n) is 8.52. The number of pyridine rings is 1. The Balaban J connectivity index is 0.000000320. The summed E-state index contributed by atoms with van der Waals surface area (Å²) >= 11 is 0. The predicted octanol–water partition coefficient (Wildman–Crippen LogP) is 5.41. The van der Waals surface area contributed by atoms with E-state index >= 15 is 0 Å². The molecule has 19 heteroatoms. The lowest BCUT2D eigenvalue weighted by molar-refractivity contribution is -0.670. The van der Waals surface area contributed by atoms with Gasteiger partial charge in [0.25, 0.3) is 27.8 Å². The number of aromatic nitrogens is 1. The number of nitrogens with two attached hydrogens (primary N) is 2. The van der Waals surface area contributed by atoms with Crippen molar-refractivity contribution in [2.45, 2.75) is 30.6 Å². The molecular weight excluding hydrogens is 849 g/mol. The van der Waals surface area contributed by atoms with Crippen LogP contribution >= 0.6 is 0 Å². The van der Waals surface area contributed by atoms with Crippen molar-refractivity contribution in [3.05, 3.63) is 179 Å². The first kappa shape index (κ1) is 48.1. The Morgan fingerprint density at radius 2 is 0.952 bits per heavy atom. The highest BCUT2D eigenvalue weighted by Gasteiger charge is 2.12. The van der Waals surface area contributed by atoms with Crippen molar-refractivity contribution in [3.8, 4) is 0 Å². The second-order valence-corrected chi connectivity index (χ2v) is 16.4. The first-order valence-corrected chi connectivity index (χ1v) is 21.4. The quantitative estimate of drug-likeness (QED) is 0.0333. The molecule has 0 bridgehead atoms. The number of hydrogen-bond acceptors (Lipinski definition) is 10. The summed E-state index contributed by atoms with van der Waals surface area (Å²) in [5.74, 6) is -1.07. The monoisotopic (exact) mass is 892 g/mol. The van der Waals surface area contributed by atoms with E-state index in [0.29, 0.717) is 39.5 Å². The fraction of sp³-hybridized carbons (Fsp3) is 0.0909. The van der Waals surface area contributed by atoms with Gasteiger partial charge in [-0.1, -0.05) is 47.5 Å². The summed E-state index contributed by atoms with van der Waals surface area (Å²) in [7, 11) is -6.42. The number of aryl methyl sites for hydroxylation is 3. The third kappa shape index (κ3) is 15.8. The summed E-state index contributed by atoms with van der Waals surface area (Å²) in [6.45, 7) is 5.42. The van der Waals surface area contributed by atoms with Crippen LogP contribution in [0.5, 0.6) is 0 Å². The Hall–Kier alpha value is -7.58. The van der Waals surface area contributed by atoms with Gasteiger partial charge in [0.2, 0.25) is 5.96 Å². The van der Waals surface area contributed by atoms with Crippen molar-refractivity contribution in [2.75, 3.05) is 16.0 Å². The van der Waals surface area contributed by atoms with E-state index in [1.807, 2.05) is 37.7 Å². The van der Waals surface area contributed by atoms with Crippen LogP contribution in [0.4, 0.5) is 17.1 Å². The van der Waals surface area contributed by atoms with Crippen molar-refractivity contribution in [2.24, 2.45) is 28.7 Å². The van der Waals surface area contributed by atoms with Crippen LogP contribution < -0.4 is 32.0 Å². The molecule has 1 heterocycles. The fourth-order valence-electron chi connectivity index (χ4n) is 5.15. The predicted molar refractivity (Wildman–Crippen MR) is 239 cm³/mol. The minimum absolute atomic E-state index is 0.0666. The molecule has 3 amide bonds. The van der Waals surface area contributed by atoms with Gasteiger partial charge >= 0.3 is 0 Å². The molecule has 5 aromatic carbocycles. The zero-order valence-corrected chi connectivity index (χ0v) is 36.0. The van der Waals surface area contributed by atoms with Crippen LogP contribution in [-0.4, -0.2) is 55.3 Å². The SMILES string of the molecule is C/C(=N\N=C(N)N)c1ccc(NC(=O)c2ccc(C(=O)Nc3ccc(C(=O)Nc4ccc[n+](C)c4)cc3)cc2)cc1.Cc1ccc(S(=O)(=O)O)cc1.Cc1ccc(S(=O)(=O)[O-])cc1. The van der Waals surface area contributed by atoms with E-state index in [4.69, 9.17) is 16.0 Å². The topological polar surface area (TPSA) is 280 Å². The summed E-state index contributed by atoms with van der Waals surface area (Å²) in [4.78, 5) is 37.7. The molecule has 0 saturated heterocycles. The lowest BCUT2D eigenvalue weighted by atomic mass is 10.1. The van der Waals surface area contributed by atoms with Gasteiger partial charge in [-0.25, -0.2) is 13.0 Å². The molecule has 0 fully saturated rings. The third-order valence-corrected chi connectivity index (χ3v) is 10.2. The van der Waals surface area contributed by atoms with Crippen LogP contribution in [-0.2, 0) is 27.3 Å². The highest BCUT2D eigenvalue weighted by Crippen LogP contribution is 2.16. The summed E-state index contributed by atoms with van der Waals surface area (Å²) in [5, 5.41) is 16.0. The number of carbonyl (C=O) groups excluding carboxylic acids is 3. The molecule has 326 valence electrons. The van der Waals surface area contributed by atoms with E-state index in [9.17, 15) is 35.8 Å². The van der Waals surface area contributed by atoms with E-state index in [0.717, 1.165) is 16.7 Å². The maximum Gasteiger partial charge on any atom is 0.294 e. The number of guanidine groups is 1. The van der Waals surface area contributed by atoms with Crippen molar-refractivity contribution in [3.63, 3.8) is 0 Å². The van der Waals surface area contributed by atoms with Crippen molar-refractivity contribution in [1.29, 1.82) is 0 Å². The molecule has 63 heavy (non-hydrogen) atoms. The molecule has 0 aliphatic rings. The van der Waals surface area contributed by atoms with Gasteiger partial charge < -0.3 is 32.0 Å². The molecule has 17 nitrogen and oxygen atoms in total. The highest BCUT2D eigenvalue weighted by atomic mass is 32.2. The minimum atomic E-state index is -4.27. The molecule has 0 spiro atoms. The van der Waals surface area contributed by atoms with Crippen molar-refractivity contribution < 1.29 is 44.9 Å². The van der Waals surface area contributed by atoms with Gasteiger partial charge in [0.15, 0.2) is 12.4 Å². The number of rotatable bonds is 10. The number of anilines is 3. The molecule has 0 aliphatic carbocycles. The van der Waals surface area contributed by atoms with Crippen LogP contribution in [0.2, 0.25) is 0 Å². The van der Waals surface area contributed by atoms with Gasteiger partial charge in [0.1, 0.15) is 22.9 Å². The molecule has 6 rings (SSSR count). The number of benzene rings is 5. The Labute approximate surface area is 364 Å². The smallest absolute Gasteiger partial charge is 0.294 e. The Morgan fingerprint density at radius 1 is 0.571 bits per heavy atom. The zero-order chi connectivity index (χ0) is 46.3. The van der Waals surface area contributed by atoms with Gasteiger partial charge in [-0.15, -0.1) is 5.10 Å². The van der Waals surface area contributed by atoms with Gasteiger partial charge in [-0.2, -0.15) is 13.5 Å². The average molecular weight is 893 g/mol. The summed E-state index contributed by atoms with van der Waals surface area (Å²) in [6.07, 6.45) is 3.67. The van der Waals surface area contributed by atoms with Crippen LogP contribution in [0.3, 0.4) is 0 Å². The molecule has 6 aromatic rings. The van der Waals surface area contributed by atoms with Gasteiger partial charge in [-0.05, 0) is 117 Å². The lowest BCUT2D eigenvalue weighted by Gasteiger charge is -2.09. The molecule has 0 radical (unpaired) electrons. The van der Waals surface area contributed by atoms with Gasteiger partial charge in [0.05, 0.1) is 15.5 Å². The largest absolute Gasteiger partial charge is 0.744 e. The number of nitrogens with zero attached hydrogens (tertiary/aromatic N) is 3. The maximum absolute atomic E-state index is 12.7.